The van der Waals surface area contributed by atoms with Crippen LogP contribution in [0.5, 0.6) is 0 Å². The van der Waals surface area contributed by atoms with Crippen molar-refractivity contribution in [2.75, 3.05) is 31.6 Å². The zero-order valence-corrected chi connectivity index (χ0v) is 15.9. The quantitative estimate of drug-likeness (QED) is 0.596. The van der Waals surface area contributed by atoms with Gasteiger partial charge in [0.15, 0.2) is 0 Å². The third kappa shape index (κ3) is 4.76. The molecule has 6 heteroatoms. The van der Waals surface area contributed by atoms with Crippen LogP contribution in [0.15, 0.2) is 30.5 Å². The molecular formula is C21H27N3O3. The number of benzene rings is 1. The number of likely N-dealkylation sites (tertiary alicyclic amines) is 1. The van der Waals surface area contributed by atoms with Gasteiger partial charge in [-0.3, -0.25) is 9.78 Å². The van der Waals surface area contributed by atoms with E-state index in [2.05, 4.69) is 10.3 Å². The number of nitrogens with zero attached hydrogens (tertiary/aromatic N) is 2. The second-order valence-corrected chi connectivity index (χ2v) is 6.76. The van der Waals surface area contributed by atoms with E-state index in [1.54, 1.807) is 13.1 Å². The van der Waals surface area contributed by atoms with Crippen LogP contribution in [0.4, 0.5) is 5.69 Å². The molecule has 1 fully saturated rings. The van der Waals surface area contributed by atoms with Crippen molar-refractivity contribution >= 4 is 28.5 Å². The Morgan fingerprint density at radius 1 is 1.26 bits per heavy atom. The number of rotatable bonds is 7. The normalized spacial score (nSPS) is 14.9. The smallest absolute Gasteiger partial charge is 0.341 e. The first-order valence-corrected chi connectivity index (χ1v) is 9.77. The van der Waals surface area contributed by atoms with Crippen molar-refractivity contribution in [2.24, 2.45) is 0 Å². The lowest BCUT2D eigenvalue weighted by Crippen LogP contribution is -2.32. The Balaban J connectivity index is 1.70. The second kappa shape index (κ2) is 9.35. The fourth-order valence-electron chi connectivity index (χ4n) is 3.45. The molecule has 1 N–H and O–H groups in total. The number of carbonyl (C=O) groups excluding carboxylic acids is 2. The molecule has 3 rings (SSSR count). The number of aromatic nitrogens is 1. The molecule has 0 unspecified atom stereocenters. The van der Waals surface area contributed by atoms with E-state index < -0.39 is 0 Å². The Morgan fingerprint density at radius 3 is 2.96 bits per heavy atom. The zero-order valence-electron chi connectivity index (χ0n) is 15.9. The summed E-state index contributed by atoms with van der Waals surface area (Å²) in [6.45, 7) is 4.37. The van der Waals surface area contributed by atoms with Crippen LogP contribution in [0.2, 0.25) is 0 Å². The molecule has 1 aliphatic rings. The molecule has 1 amide bonds. The number of para-hydroxylation sites is 1. The highest BCUT2D eigenvalue weighted by Gasteiger charge is 2.18. The third-order valence-electron chi connectivity index (χ3n) is 4.85. The Kier molecular flexibility index (Phi) is 6.63. The topological polar surface area (TPSA) is 71.5 Å². The summed E-state index contributed by atoms with van der Waals surface area (Å²) < 4.78 is 5.18. The monoisotopic (exact) mass is 369 g/mol. The van der Waals surface area contributed by atoms with Crippen LogP contribution in [0.25, 0.3) is 10.9 Å². The van der Waals surface area contributed by atoms with Gasteiger partial charge in [0.1, 0.15) is 5.56 Å². The predicted molar refractivity (Wildman–Crippen MR) is 106 cm³/mol. The van der Waals surface area contributed by atoms with Crippen LogP contribution in [-0.2, 0) is 9.53 Å². The molecule has 1 aromatic heterocycles. The van der Waals surface area contributed by atoms with Crippen LogP contribution in [0.1, 0.15) is 49.4 Å². The molecule has 0 aliphatic carbocycles. The average Bonchev–Trinajstić information content (AvgIpc) is 2.89. The second-order valence-electron chi connectivity index (χ2n) is 6.76. The number of nitrogens with one attached hydrogen (secondary N) is 1. The molecule has 0 atom stereocenters. The fourth-order valence-corrected chi connectivity index (χ4v) is 3.45. The van der Waals surface area contributed by atoms with Gasteiger partial charge in [0.2, 0.25) is 5.91 Å². The molecule has 1 aliphatic heterocycles. The summed E-state index contributed by atoms with van der Waals surface area (Å²) in [5, 5.41) is 4.28. The number of hydrogen-bond donors (Lipinski definition) is 1. The van der Waals surface area contributed by atoms with Crippen molar-refractivity contribution in [3.05, 3.63) is 36.0 Å². The van der Waals surface area contributed by atoms with E-state index in [1.165, 1.54) is 0 Å². The molecule has 0 radical (unpaired) electrons. The molecule has 2 aromatic rings. The minimum absolute atomic E-state index is 0.258. The van der Waals surface area contributed by atoms with Crippen LogP contribution in [0, 0.1) is 0 Å². The number of amides is 1. The van der Waals surface area contributed by atoms with Crippen LogP contribution in [0.3, 0.4) is 0 Å². The van der Waals surface area contributed by atoms with E-state index in [4.69, 9.17) is 4.74 Å². The lowest BCUT2D eigenvalue weighted by atomic mass is 10.1. The summed E-state index contributed by atoms with van der Waals surface area (Å²) >= 11 is 0. The first-order chi connectivity index (χ1) is 13.2. The number of fused-ring (bicyclic) bond motifs is 1. The maximum absolute atomic E-state index is 12.3. The van der Waals surface area contributed by atoms with Gasteiger partial charge in [0, 0.05) is 37.6 Å². The van der Waals surface area contributed by atoms with Crippen molar-refractivity contribution in [1.29, 1.82) is 0 Å². The summed E-state index contributed by atoms with van der Waals surface area (Å²) in [4.78, 5) is 30.8. The summed E-state index contributed by atoms with van der Waals surface area (Å²) in [5.41, 5.74) is 2.03. The number of pyridine rings is 1. The Hall–Kier alpha value is -2.63. The molecule has 0 saturated carbocycles. The van der Waals surface area contributed by atoms with Gasteiger partial charge in [0.25, 0.3) is 0 Å². The molecule has 2 heterocycles. The van der Waals surface area contributed by atoms with Gasteiger partial charge in [-0.15, -0.1) is 0 Å². The number of anilines is 1. The number of carbonyl (C=O) groups is 2. The number of ether oxygens (including phenoxy) is 1. The van der Waals surface area contributed by atoms with Gasteiger partial charge >= 0.3 is 5.97 Å². The van der Waals surface area contributed by atoms with Gasteiger partial charge in [-0.25, -0.2) is 4.79 Å². The Labute approximate surface area is 159 Å². The highest BCUT2D eigenvalue weighted by molar-refractivity contribution is 6.04. The summed E-state index contributed by atoms with van der Waals surface area (Å²) in [6.07, 6.45) is 6.27. The van der Waals surface area contributed by atoms with Gasteiger partial charge in [-0.05, 0) is 32.3 Å². The van der Waals surface area contributed by atoms with E-state index in [0.29, 0.717) is 25.1 Å². The lowest BCUT2D eigenvalue weighted by molar-refractivity contribution is -0.130. The molecule has 144 valence electrons. The van der Waals surface area contributed by atoms with Crippen molar-refractivity contribution < 1.29 is 14.3 Å². The SMILES string of the molecule is CCOC(=O)c1cnc2ccccc2c1NCCCN1CCCCCC1=O. The number of esters is 1. The van der Waals surface area contributed by atoms with Crippen molar-refractivity contribution in [2.45, 2.75) is 39.0 Å². The molecule has 27 heavy (non-hydrogen) atoms. The van der Waals surface area contributed by atoms with E-state index in [-0.39, 0.29) is 11.9 Å². The van der Waals surface area contributed by atoms with E-state index >= 15 is 0 Å². The Bertz CT molecular complexity index is 806. The molecule has 0 bridgehead atoms. The highest BCUT2D eigenvalue weighted by atomic mass is 16.5. The highest BCUT2D eigenvalue weighted by Crippen LogP contribution is 2.26. The van der Waals surface area contributed by atoms with E-state index in [9.17, 15) is 9.59 Å². The van der Waals surface area contributed by atoms with Gasteiger partial charge in [-0.1, -0.05) is 24.6 Å². The van der Waals surface area contributed by atoms with Gasteiger partial charge in [0.05, 0.1) is 17.8 Å². The van der Waals surface area contributed by atoms with E-state index in [0.717, 1.165) is 55.4 Å². The minimum Gasteiger partial charge on any atom is -0.462 e. The fraction of sp³-hybridized carbons (Fsp3) is 0.476. The number of hydrogen-bond acceptors (Lipinski definition) is 5. The first-order valence-electron chi connectivity index (χ1n) is 9.77. The predicted octanol–water partition coefficient (Wildman–Crippen LogP) is 3.62. The molecule has 1 aromatic carbocycles. The Morgan fingerprint density at radius 2 is 2.11 bits per heavy atom. The maximum atomic E-state index is 12.3. The van der Waals surface area contributed by atoms with Crippen LogP contribution >= 0.6 is 0 Å². The standard InChI is InChI=1S/C21H27N3O3/c1-2-27-21(26)17-15-23-18-10-6-5-9-16(18)20(17)22-12-8-14-24-13-7-3-4-11-19(24)25/h5-6,9-10,15H,2-4,7-8,11-14H2,1H3,(H,22,23). The van der Waals surface area contributed by atoms with Crippen LogP contribution in [-0.4, -0.2) is 48.0 Å². The largest absolute Gasteiger partial charge is 0.462 e. The third-order valence-corrected chi connectivity index (χ3v) is 4.85. The lowest BCUT2D eigenvalue weighted by Gasteiger charge is -2.21. The van der Waals surface area contributed by atoms with E-state index in [1.807, 2.05) is 29.2 Å². The average molecular weight is 369 g/mol. The van der Waals surface area contributed by atoms with Crippen molar-refractivity contribution in [3.8, 4) is 0 Å². The molecule has 6 nitrogen and oxygen atoms in total. The molecule has 1 saturated heterocycles. The zero-order chi connectivity index (χ0) is 19.1. The summed E-state index contributed by atoms with van der Waals surface area (Å²) in [5.74, 6) is -0.116. The summed E-state index contributed by atoms with van der Waals surface area (Å²) in [7, 11) is 0. The maximum Gasteiger partial charge on any atom is 0.341 e. The molecule has 0 spiro atoms. The first kappa shape index (κ1) is 19.1. The minimum atomic E-state index is -0.374. The van der Waals surface area contributed by atoms with Crippen LogP contribution < -0.4 is 5.32 Å². The van der Waals surface area contributed by atoms with Crippen molar-refractivity contribution in [3.63, 3.8) is 0 Å². The summed E-state index contributed by atoms with van der Waals surface area (Å²) in [6, 6.07) is 7.73. The molecular weight excluding hydrogens is 342 g/mol. The van der Waals surface area contributed by atoms with Crippen molar-refractivity contribution in [1.82, 2.24) is 9.88 Å². The van der Waals surface area contributed by atoms with Gasteiger partial charge < -0.3 is 15.0 Å². The van der Waals surface area contributed by atoms with Gasteiger partial charge in [-0.2, -0.15) is 0 Å².